The largest absolute Gasteiger partial charge is 0.457 e. The van der Waals surface area contributed by atoms with Crippen molar-refractivity contribution in [2.45, 2.75) is 13.2 Å². The second-order valence-electron chi connectivity index (χ2n) is 4.93. The standard InChI is InChI=1S/C18H14O4S2/c19-17(15-6-2-8-23-15)21-11-13-4-1-5-14(10-13)12-22-18(20)16-7-3-9-24-16/h1-10H,11-12H2. The van der Waals surface area contributed by atoms with Gasteiger partial charge in [-0.25, -0.2) is 9.59 Å². The summed E-state index contributed by atoms with van der Waals surface area (Å²) in [5.74, 6) is -0.668. The van der Waals surface area contributed by atoms with Crippen LogP contribution in [0.4, 0.5) is 0 Å². The van der Waals surface area contributed by atoms with Gasteiger partial charge in [-0.05, 0) is 40.1 Å². The third kappa shape index (κ3) is 4.31. The molecule has 0 aliphatic carbocycles. The first-order chi connectivity index (χ1) is 11.7. The van der Waals surface area contributed by atoms with Crippen LogP contribution in [-0.4, -0.2) is 11.9 Å². The van der Waals surface area contributed by atoms with Gasteiger partial charge in [-0.2, -0.15) is 0 Å². The molecule has 2 heterocycles. The molecule has 0 spiro atoms. The van der Waals surface area contributed by atoms with E-state index in [2.05, 4.69) is 0 Å². The number of hydrogen-bond donors (Lipinski definition) is 0. The van der Waals surface area contributed by atoms with Gasteiger partial charge in [0.2, 0.25) is 0 Å². The van der Waals surface area contributed by atoms with E-state index in [-0.39, 0.29) is 25.2 Å². The van der Waals surface area contributed by atoms with E-state index in [1.54, 1.807) is 12.1 Å². The van der Waals surface area contributed by atoms with Crippen molar-refractivity contribution in [1.29, 1.82) is 0 Å². The minimum atomic E-state index is -0.334. The first-order valence-corrected chi connectivity index (χ1v) is 8.97. The summed E-state index contributed by atoms with van der Waals surface area (Å²) >= 11 is 2.70. The number of carbonyl (C=O) groups excluding carboxylic acids is 2. The summed E-state index contributed by atoms with van der Waals surface area (Å²) in [4.78, 5) is 24.8. The van der Waals surface area contributed by atoms with Gasteiger partial charge in [0.1, 0.15) is 23.0 Å². The summed E-state index contributed by atoms with van der Waals surface area (Å²) in [6, 6.07) is 14.5. The Kier molecular flexibility index (Phi) is 5.40. The van der Waals surface area contributed by atoms with Crippen LogP contribution in [-0.2, 0) is 22.7 Å². The van der Waals surface area contributed by atoms with Crippen molar-refractivity contribution in [3.05, 3.63) is 80.2 Å². The van der Waals surface area contributed by atoms with E-state index >= 15 is 0 Å². The van der Waals surface area contributed by atoms with E-state index in [0.717, 1.165) is 11.1 Å². The van der Waals surface area contributed by atoms with Crippen LogP contribution in [0, 0.1) is 0 Å². The maximum atomic E-state index is 11.8. The fourth-order valence-electron chi connectivity index (χ4n) is 2.04. The third-order valence-electron chi connectivity index (χ3n) is 3.18. The molecule has 0 saturated heterocycles. The number of benzene rings is 1. The predicted octanol–water partition coefficient (Wildman–Crippen LogP) is 4.52. The molecular formula is C18H14O4S2. The Morgan fingerprint density at radius 3 is 1.67 bits per heavy atom. The van der Waals surface area contributed by atoms with E-state index < -0.39 is 0 Å². The number of rotatable bonds is 6. The fraction of sp³-hybridized carbons (Fsp3) is 0.111. The van der Waals surface area contributed by atoms with Crippen LogP contribution >= 0.6 is 22.7 Å². The lowest BCUT2D eigenvalue weighted by Gasteiger charge is -2.07. The number of carbonyl (C=O) groups is 2. The first kappa shape index (κ1) is 16.4. The third-order valence-corrected chi connectivity index (χ3v) is 4.88. The van der Waals surface area contributed by atoms with Crippen molar-refractivity contribution >= 4 is 34.6 Å². The van der Waals surface area contributed by atoms with E-state index in [1.807, 2.05) is 47.2 Å². The van der Waals surface area contributed by atoms with Crippen LogP contribution in [0.5, 0.6) is 0 Å². The Balaban J connectivity index is 1.54. The molecule has 0 unspecified atom stereocenters. The molecule has 0 atom stereocenters. The summed E-state index contributed by atoms with van der Waals surface area (Å²) < 4.78 is 10.6. The summed E-state index contributed by atoms with van der Waals surface area (Å²) in [5, 5.41) is 3.66. The average Bonchev–Trinajstić information content (AvgIpc) is 3.31. The van der Waals surface area contributed by atoms with Gasteiger partial charge in [0.15, 0.2) is 0 Å². The highest BCUT2D eigenvalue weighted by Gasteiger charge is 2.10. The number of thiophene rings is 2. The Labute approximate surface area is 147 Å². The molecule has 2 aromatic heterocycles. The second-order valence-corrected chi connectivity index (χ2v) is 6.82. The summed E-state index contributed by atoms with van der Waals surface area (Å²) in [6.45, 7) is 0.368. The maximum Gasteiger partial charge on any atom is 0.348 e. The van der Waals surface area contributed by atoms with E-state index in [1.165, 1.54) is 22.7 Å². The molecule has 4 nitrogen and oxygen atoms in total. The lowest BCUT2D eigenvalue weighted by Crippen LogP contribution is -2.05. The zero-order chi connectivity index (χ0) is 16.8. The molecule has 0 aliphatic heterocycles. The van der Waals surface area contributed by atoms with Crippen LogP contribution < -0.4 is 0 Å². The van der Waals surface area contributed by atoms with Crippen LogP contribution in [0.2, 0.25) is 0 Å². The summed E-state index contributed by atoms with van der Waals surface area (Å²) in [5.41, 5.74) is 1.70. The maximum absolute atomic E-state index is 11.8. The minimum absolute atomic E-state index is 0.184. The molecule has 3 rings (SSSR count). The molecule has 6 heteroatoms. The Morgan fingerprint density at radius 1 is 0.750 bits per heavy atom. The Bertz CT molecular complexity index is 742. The van der Waals surface area contributed by atoms with Crippen molar-refractivity contribution in [1.82, 2.24) is 0 Å². The molecule has 0 N–H and O–H groups in total. The highest BCUT2D eigenvalue weighted by atomic mass is 32.1. The zero-order valence-corrected chi connectivity index (χ0v) is 14.3. The Morgan fingerprint density at radius 2 is 1.25 bits per heavy atom. The van der Waals surface area contributed by atoms with Gasteiger partial charge >= 0.3 is 11.9 Å². The van der Waals surface area contributed by atoms with Crippen LogP contribution in [0.15, 0.2) is 59.3 Å². The molecule has 0 amide bonds. The van der Waals surface area contributed by atoms with Gasteiger partial charge in [0, 0.05) is 0 Å². The second kappa shape index (κ2) is 7.90. The van der Waals surface area contributed by atoms with Crippen molar-refractivity contribution in [3.63, 3.8) is 0 Å². The quantitative estimate of drug-likeness (QED) is 0.608. The first-order valence-electron chi connectivity index (χ1n) is 7.21. The van der Waals surface area contributed by atoms with E-state index in [9.17, 15) is 9.59 Å². The molecule has 1 aromatic carbocycles. The van der Waals surface area contributed by atoms with Crippen LogP contribution in [0.3, 0.4) is 0 Å². The zero-order valence-electron chi connectivity index (χ0n) is 12.6. The van der Waals surface area contributed by atoms with E-state index in [0.29, 0.717) is 9.75 Å². The molecule has 0 aliphatic rings. The molecule has 3 aromatic rings. The topological polar surface area (TPSA) is 52.6 Å². The average molecular weight is 358 g/mol. The lowest BCUT2D eigenvalue weighted by molar-refractivity contribution is 0.0477. The predicted molar refractivity (Wildman–Crippen MR) is 93.3 cm³/mol. The van der Waals surface area contributed by atoms with Gasteiger partial charge < -0.3 is 9.47 Å². The van der Waals surface area contributed by atoms with E-state index in [4.69, 9.17) is 9.47 Å². The summed E-state index contributed by atoms with van der Waals surface area (Å²) in [6.07, 6.45) is 0. The minimum Gasteiger partial charge on any atom is -0.457 e. The SMILES string of the molecule is O=C(OCc1cccc(COC(=O)c2cccs2)c1)c1cccs1. The highest BCUT2D eigenvalue weighted by molar-refractivity contribution is 7.12. The highest BCUT2D eigenvalue weighted by Crippen LogP contribution is 2.14. The van der Waals surface area contributed by atoms with Crippen molar-refractivity contribution in [3.8, 4) is 0 Å². The van der Waals surface area contributed by atoms with Gasteiger partial charge in [0.25, 0.3) is 0 Å². The fourth-order valence-corrected chi connectivity index (χ4v) is 3.27. The lowest BCUT2D eigenvalue weighted by atomic mass is 10.1. The van der Waals surface area contributed by atoms with Crippen LogP contribution in [0.25, 0.3) is 0 Å². The molecule has 122 valence electrons. The number of esters is 2. The normalized spacial score (nSPS) is 10.3. The van der Waals surface area contributed by atoms with Gasteiger partial charge in [-0.15, -0.1) is 22.7 Å². The van der Waals surface area contributed by atoms with Gasteiger partial charge in [0.05, 0.1) is 0 Å². The molecular weight excluding hydrogens is 344 g/mol. The smallest absolute Gasteiger partial charge is 0.348 e. The van der Waals surface area contributed by atoms with Crippen molar-refractivity contribution < 1.29 is 19.1 Å². The molecule has 0 radical (unpaired) electrons. The molecule has 0 saturated carbocycles. The Hall–Kier alpha value is -2.44. The van der Waals surface area contributed by atoms with Crippen molar-refractivity contribution in [2.24, 2.45) is 0 Å². The van der Waals surface area contributed by atoms with Gasteiger partial charge in [-0.3, -0.25) is 0 Å². The summed E-state index contributed by atoms with van der Waals surface area (Å²) in [7, 11) is 0. The molecule has 0 fully saturated rings. The van der Waals surface area contributed by atoms with Crippen LogP contribution in [0.1, 0.15) is 30.5 Å². The number of hydrogen-bond acceptors (Lipinski definition) is 6. The molecule has 0 bridgehead atoms. The molecule has 24 heavy (non-hydrogen) atoms. The monoisotopic (exact) mass is 358 g/mol. The van der Waals surface area contributed by atoms with Gasteiger partial charge in [-0.1, -0.05) is 30.3 Å². The number of ether oxygens (including phenoxy) is 2. The van der Waals surface area contributed by atoms with Crippen molar-refractivity contribution in [2.75, 3.05) is 0 Å².